The second-order valence-corrected chi connectivity index (χ2v) is 7.56. The van der Waals surface area contributed by atoms with Gasteiger partial charge in [-0.15, -0.1) is 0 Å². The molecule has 34 heavy (non-hydrogen) atoms. The van der Waals surface area contributed by atoms with Gasteiger partial charge in [-0.2, -0.15) is 18.2 Å². The lowest BCUT2D eigenvalue weighted by Crippen LogP contribution is -2.41. The Labute approximate surface area is 191 Å². The van der Waals surface area contributed by atoms with Crippen molar-refractivity contribution in [1.29, 1.82) is 0 Å². The summed E-state index contributed by atoms with van der Waals surface area (Å²) in [5.74, 6) is -0.884. The molecule has 1 aromatic heterocycles. The van der Waals surface area contributed by atoms with Crippen LogP contribution in [0.1, 0.15) is 17.0 Å². The van der Waals surface area contributed by atoms with Gasteiger partial charge >= 0.3 is 12.1 Å². The van der Waals surface area contributed by atoms with Crippen LogP contribution in [0.5, 0.6) is 5.75 Å². The van der Waals surface area contributed by atoms with Crippen molar-refractivity contribution in [2.75, 3.05) is 24.4 Å². The Balaban J connectivity index is 1.43. The van der Waals surface area contributed by atoms with Crippen LogP contribution in [-0.4, -0.2) is 24.3 Å². The minimum Gasteiger partial charge on any atom is -0.497 e. The van der Waals surface area contributed by atoms with E-state index in [1.165, 1.54) is 0 Å². The highest BCUT2D eigenvalue weighted by Gasteiger charge is 2.38. The number of anilines is 2. The van der Waals surface area contributed by atoms with Gasteiger partial charge in [0.25, 0.3) is 10.9 Å². The third kappa shape index (κ3) is 4.63. The first kappa shape index (κ1) is 23.0. The van der Waals surface area contributed by atoms with Gasteiger partial charge in [0, 0.05) is 25.7 Å². The summed E-state index contributed by atoms with van der Waals surface area (Å²) in [6.45, 7) is 0.650. The molecule has 0 spiro atoms. The van der Waals surface area contributed by atoms with Gasteiger partial charge in [-0.05, 0) is 23.3 Å². The van der Waals surface area contributed by atoms with E-state index in [9.17, 15) is 22.8 Å². The molecule has 1 N–H and O–H groups in total. The standard InChI is InChI=1S/C23H19F3N4O4/c1-30(12-14-3-7-15(8-4-14)21-28-22(34-29-21)23(24,25)26)18-17(19(31)20(18)32)27-11-13-5-9-16(33-2)10-6-13/h3-10,27H,11-12H2,1-2H3. The van der Waals surface area contributed by atoms with Crippen LogP contribution in [-0.2, 0) is 19.3 Å². The van der Waals surface area contributed by atoms with Crippen LogP contribution >= 0.6 is 0 Å². The Morgan fingerprint density at radius 1 is 1.00 bits per heavy atom. The van der Waals surface area contributed by atoms with Crippen LogP contribution in [0.15, 0.2) is 62.6 Å². The summed E-state index contributed by atoms with van der Waals surface area (Å²) in [5, 5.41) is 6.38. The van der Waals surface area contributed by atoms with Gasteiger partial charge in [-0.3, -0.25) is 9.59 Å². The molecular weight excluding hydrogens is 453 g/mol. The van der Waals surface area contributed by atoms with Gasteiger partial charge in [-0.25, -0.2) is 0 Å². The Bertz CT molecular complexity index is 1360. The van der Waals surface area contributed by atoms with E-state index in [-0.39, 0.29) is 17.2 Å². The largest absolute Gasteiger partial charge is 0.497 e. The average Bonchev–Trinajstić information content (AvgIpc) is 3.33. The van der Waals surface area contributed by atoms with E-state index in [2.05, 4.69) is 20.0 Å². The molecule has 0 bridgehead atoms. The Kier molecular flexibility index (Phi) is 6.10. The zero-order valence-corrected chi connectivity index (χ0v) is 18.1. The van der Waals surface area contributed by atoms with E-state index in [1.54, 1.807) is 55.5 Å². The molecule has 0 saturated carbocycles. The molecular formula is C23H19F3N4O4. The van der Waals surface area contributed by atoms with Crippen LogP contribution in [0.3, 0.4) is 0 Å². The van der Waals surface area contributed by atoms with Crippen molar-refractivity contribution in [1.82, 2.24) is 10.1 Å². The molecule has 4 rings (SSSR count). The summed E-state index contributed by atoms with van der Waals surface area (Å²) < 4.78 is 47.3. The Hall–Kier alpha value is -4.15. The number of nitrogens with zero attached hydrogens (tertiary/aromatic N) is 3. The smallest absolute Gasteiger partial charge is 0.471 e. The normalized spacial score (nSPS) is 11.6. The van der Waals surface area contributed by atoms with Crippen molar-refractivity contribution in [2.45, 2.75) is 19.3 Å². The van der Waals surface area contributed by atoms with Crippen molar-refractivity contribution in [3.05, 3.63) is 86.0 Å². The summed E-state index contributed by atoms with van der Waals surface area (Å²) in [6.07, 6.45) is -4.71. The van der Waals surface area contributed by atoms with Crippen LogP contribution in [0, 0.1) is 0 Å². The fraction of sp³-hybridized carbons (Fsp3) is 0.217. The summed E-state index contributed by atoms with van der Waals surface area (Å²) in [4.78, 5) is 29.3. The fourth-order valence-corrected chi connectivity index (χ4v) is 3.41. The maximum absolute atomic E-state index is 12.6. The zero-order valence-electron chi connectivity index (χ0n) is 18.1. The van der Waals surface area contributed by atoms with Crippen LogP contribution < -0.4 is 25.8 Å². The molecule has 0 aliphatic rings. The number of hydrogen-bond donors (Lipinski definition) is 1. The molecule has 0 radical (unpaired) electrons. The predicted molar refractivity (Wildman–Crippen MR) is 119 cm³/mol. The van der Waals surface area contributed by atoms with E-state index in [0.29, 0.717) is 24.4 Å². The van der Waals surface area contributed by atoms with E-state index in [0.717, 1.165) is 11.1 Å². The van der Waals surface area contributed by atoms with Crippen molar-refractivity contribution < 1.29 is 22.4 Å². The summed E-state index contributed by atoms with van der Waals surface area (Å²) in [6, 6.07) is 13.8. The molecule has 11 heteroatoms. The lowest BCUT2D eigenvalue weighted by Gasteiger charge is -2.24. The Morgan fingerprint density at radius 2 is 1.65 bits per heavy atom. The lowest BCUT2D eigenvalue weighted by molar-refractivity contribution is -0.159. The second kappa shape index (κ2) is 9.00. The summed E-state index contributed by atoms with van der Waals surface area (Å²) in [5.41, 5.74) is 1.38. The van der Waals surface area contributed by atoms with Gasteiger partial charge < -0.3 is 19.5 Å². The molecule has 0 fully saturated rings. The fourth-order valence-electron chi connectivity index (χ4n) is 3.41. The molecule has 0 saturated heterocycles. The van der Waals surface area contributed by atoms with Crippen LogP contribution in [0.4, 0.5) is 24.5 Å². The van der Waals surface area contributed by atoms with Crippen molar-refractivity contribution in [3.63, 3.8) is 0 Å². The molecule has 0 amide bonds. The number of benzene rings is 2. The van der Waals surface area contributed by atoms with Crippen molar-refractivity contribution >= 4 is 11.4 Å². The highest BCUT2D eigenvalue weighted by molar-refractivity contribution is 5.75. The van der Waals surface area contributed by atoms with Gasteiger partial charge in [0.15, 0.2) is 0 Å². The third-order valence-electron chi connectivity index (χ3n) is 5.20. The van der Waals surface area contributed by atoms with Gasteiger partial charge in [-0.1, -0.05) is 41.6 Å². The molecule has 3 aromatic carbocycles. The molecule has 4 aromatic rings. The van der Waals surface area contributed by atoms with Crippen molar-refractivity contribution in [2.24, 2.45) is 0 Å². The molecule has 0 atom stereocenters. The number of methoxy groups -OCH3 is 1. The molecule has 8 nitrogen and oxygen atoms in total. The molecule has 0 unspecified atom stereocenters. The van der Waals surface area contributed by atoms with Gasteiger partial charge in [0.1, 0.15) is 17.1 Å². The minimum atomic E-state index is -4.71. The molecule has 0 aliphatic heterocycles. The number of aromatic nitrogens is 2. The molecule has 176 valence electrons. The maximum Gasteiger partial charge on any atom is 0.471 e. The second-order valence-electron chi connectivity index (χ2n) is 7.56. The summed E-state index contributed by atoms with van der Waals surface area (Å²) in [7, 11) is 3.25. The first-order valence-corrected chi connectivity index (χ1v) is 10.1. The van der Waals surface area contributed by atoms with E-state index < -0.39 is 22.9 Å². The van der Waals surface area contributed by atoms with Crippen LogP contribution in [0.2, 0.25) is 0 Å². The van der Waals surface area contributed by atoms with E-state index >= 15 is 0 Å². The highest BCUT2D eigenvalue weighted by atomic mass is 19.4. The first-order valence-electron chi connectivity index (χ1n) is 10.1. The van der Waals surface area contributed by atoms with Crippen LogP contribution in [0.25, 0.3) is 11.4 Å². The van der Waals surface area contributed by atoms with E-state index in [1.807, 2.05) is 12.1 Å². The van der Waals surface area contributed by atoms with E-state index in [4.69, 9.17) is 4.74 Å². The van der Waals surface area contributed by atoms with Gasteiger partial charge in [0.2, 0.25) is 5.82 Å². The number of alkyl halides is 3. The average molecular weight is 472 g/mol. The monoisotopic (exact) mass is 472 g/mol. The Morgan fingerprint density at radius 3 is 2.24 bits per heavy atom. The number of rotatable bonds is 8. The topological polar surface area (TPSA) is 97.6 Å². The minimum absolute atomic E-state index is 0.181. The number of hydrogen-bond acceptors (Lipinski definition) is 8. The molecule has 0 aliphatic carbocycles. The predicted octanol–water partition coefficient (Wildman–Crippen LogP) is 3.61. The quantitative estimate of drug-likeness (QED) is 0.389. The third-order valence-corrected chi connectivity index (χ3v) is 5.20. The van der Waals surface area contributed by atoms with Crippen molar-refractivity contribution in [3.8, 4) is 17.1 Å². The summed E-state index contributed by atoms with van der Waals surface area (Å²) >= 11 is 0. The number of halogens is 3. The number of nitrogens with one attached hydrogen (secondary N) is 1. The highest BCUT2D eigenvalue weighted by Crippen LogP contribution is 2.29. The number of ether oxygens (including phenoxy) is 1. The lowest BCUT2D eigenvalue weighted by atomic mass is 10.1. The zero-order chi connectivity index (χ0) is 24.5. The van der Waals surface area contributed by atoms with Gasteiger partial charge in [0.05, 0.1) is 7.11 Å². The molecule has 1 heterocycles. The maximum atomic E-state index is 12.6. The first-order chi connectivity index (χ1) is 16.2. The SMILES string of the molecule is COc1ccc(CNc2c(N(C)Cc3ccc(-c4noc(C(F)(F)F)n4)cc3)c(=O)c2=O)cc1.